The van der Waals surface area contributed by atoms with Crippen LogP contribution in [0.2, 0.25) is 0 Å². The van der Waals surface area contributed by atoms with Crippen LogP contribution in [0.1, 0.15) is 5.82 Å². The minimum absolute atomic E-state index is 0.193. The molecule has 0 bridgehead atoms. The molecule has 0 aliphatic rings. The summed E-state index contributed by atoms with van der Waals surface area (Å²) in [7, 11) is 0. The molecule has 0 fully saturated rings. The van der Waals surface area contributed by atoms with Crippen LogP contribution >= 0.6 is 0 Å². The average Bonchev–Trinajstić information content (AvgIpc) is 2.25. The van der Waals surface area contributed by atoms with E-state index in [0.29, 0.717) is 5.82 Å². The van der Waals surface area contributed by atoms with Gasteiger partial charge in [0, 0.05) is 6.07 Å². The zero-order valence-corrected chi connectivity index (χ0v) is 8.90. The van der Waals surface area contributed by atoms with Crippen molar-refractivity contribution in [3.63, 3.8) is 0 Å². The number of aromatic amines is 1. The van der Waals surface area contributed by atoms with Gasteiger partial charge in [-0.1, -0.05) is 0 Å². The lowest BCUT2D eigenvalue weighted by atomic mass is 10.0. The fourth-order valence-electron chi connectivity index (χ4n) is 1.18. The van der Waals surface area contributed by atoms with Crippen molar-refractivity contribution in [3.05, 3.63) is 22.2 Å². The van der Waals surface area contributed by atoms with Gasteiger partial charge in [-0.15, -0.1) is 0 Å². The van der Waals surface area contributed by atoms with Crippen molar-refractivity contribution >= 4 is 5.82 Å². The van der Waals surface area contributed by atoms with Crippen LogP contribution in [0.25, 0.3) is 0 Å². The van der Waals surface area contributed by atoms with E-state index in [9.17, 15) is 4.79 Å². The van der Waals surface area contributed by atoms with Crippen molar-refractivity contribution in [2.75, 3.05) is 25.1 Å². The molecule has 16 heavy (non-hydrogen) atoms. The summed E-state index contributed by atoms with van der Waals surface area (Å²) in [6, 6.07) is 1.18. The first kappa shape index (κ1) is 12.6. The Hall–Kier alpha value is -1.44. The number of aryl methyl sites for hydroxylation is 1. The van der Waals surface area contributed by atoms with Crippen LogP contribution in [0.4, 0.5) is 5.82 Å². The maximum absolute atomic E-state index is 11.1. The molecule has 7 nitrogen and oxygen atoms in total. The van der Waals surface area contributed by atoms with Gasteiger partial charge in [0.1, 0.15) is 17.2 Å². The molecule has 1 aromatic heterocycles. The highest BCUT2D eigenvalue weighted by molar-refractivity contribution is 5.37. The van der Waals surface area contributed by atoms with Crippen LogP contribution in [0.15, 0.2) is 10.9 Å². The first-order chi connectivity index (χ1) is 7.55. The van der Waals surface area contributed by atoms with E-state index in [-0.39, 0.29) is 11.4 Å². The lowest BCUT2D eigenvalue weighted by Crippen LogP contribution is -2.49. The summed E-state index contributed by atoms with van der Waals surface area (Å²) in [6.45, 7) is 0.166. The standard InChI is InChI=1S/C9H15N3O4/c1-6-10-7(2-8(16)11-6)12-9(3-13,4-14)5-15/h2,13-15H,3-5H2,1H3,(H2,10,11,12,16). The predicted octanol–water partition coefficient (Wildman–Crippen LogP) is -1.79. The van der Waals surface area contributed by atoms with Gasteiger partial charge in [-0.05, 0) is 6.92 Å². The molecule has 0 amide bonds. The summed E-state index contributed by atoms with van der Waals surface area (Å²) in [5.74, 6) is 0.594. The molecule has 0 aliphatic carbocycles. The first-order valence-electron chi connectivity index (χ1n) is 4.74. The van der Waals surface area contributed by atoms with Gasteiger partial charge in [0.05, 0.1) is 19.8 Å². The molecule has 5 N–H and O–H groups in total. The van der Waals surface area contributed by atoms with E-state index in [1.165, 1.54) is 6.07 Å². The zero-order chi connectivity index (χ0) is 12.2. The topological polar surface area (TPSA) is 118 Å². The van der Waals surface area contributed by atoms with Crippen molar-refractivity contribution in [1.29, 1.82) is 0 Å². The van der Waals surface area contributed by atoms with Gasteiger partial charge in [0.25, 0.3) is 5.56 Å². The Kier molecular flexibility index (Phi) is 3.99. The number of rotatable bonds is 5. The highest BCUT2D eigenvalue weighted by Crippen LogP contribution is 2.10. The van der Waals surface area contributed by atoms with Gasteiger partial charge in [0.15, 0.2) is 0 Å². The molecule has 0 unspecified atom stereocenters. The Bertz CT molecular complexity index is 392. The third kappa shape index (κ3) is 2.78. The number of nitrogens with one attached hydrogen (secondary N) is 2. The molecule has 0 aliphatic heterocycles. The molecular weight excluding hydrogens is 214 g/mol. The SMILES string of the molecule is Cc1nc(NC(CO)(CO)CO)cc(=O)[nH]1. The van der Waals surface area contributed by atoms with Crippen molar-refractivity contribution < 1.29 is 15.3 Å². The average molecular weight is 229 g/mol. The Morgan fingerprint density at radius 2 is 1.94 bits per heavy atom. The van der Waals surface area contributed by atoms with Crippen LogP contribution in [0.5, 0.6) is 0 Å². The third-order valence-electron chi connectivity index (χ3n) is 2.16. The van der Waals surface area contributed by atoms with E-state index < -0.39 is 25.4 Å². The number of anilines is 1. The fraction of sp³-hybridized carbons (Fsp3) is 0.556. The lowest BCUT2D eigenvalue weighted by molar-refractivity contribution is 0.0831. The van der Waals surface area contributed by atoms with Gasteiger partial charge in [-0.2, -0.15) is 0 Å². The second kappa shape index (κ2) is 5.06. The van der Waals surface area contributed by atoms with E-state index in [4.69, 9.17) is 15.3 Å². The summed E-state index contributed by atoms with van der Waals surface area (Å²) in [6.07, 6.45) is 0. The summed E-state index contributed by atoms with van der Waals surface area (Å²) in [4.78, 5) is 17.6. The molecule has 0 aromatic carbocycles. The molecule has 7 heteroatoms. The molecule has 0 saturated heterocycles. The summed E-state index contributed by atoms with van der Waals surface area (Å²) in [5, 5.41) is 29.9. The summed E-state index contributed by atoms with van der Waals surface area (Å²) in [5.41, 5.74) is -1.63. The smallest absolute Gasteiger partial charge is 0.252 e. The largest absolute Gasteiger partial charge is 0.394 e. The normalized spacial score (nSPS) is 11.5. The van der Waals surface area contributed by atoms with Crippen LogP contribution < -0.4 is 10.9 Å². The van der Waals surface area contributed by atoms with Crippen LogP contribution in [0, 0.1) is 6.92 Å². The van der Waals surface area contributed by atoms with Crippen molar-refractivity contribution in [2.45, 2.75) is 12.5 Å². The minimum atomic E-state index is -1.28. The Labute approximate surface area is 91.8 Å². The van der Waals surface area contributed by atoms with Gasteiger partial charge in [-0.3, -0.25) is 4.79 Å². The third-order valence-corrected chi connectivity index (χ3v) is 2.16. The first-order valence-corrected chi connectivity index (χ1v) is 4.74. The second-order valence-electron chi connectivity index (χ2n) is 3.60. The van der Waals surface area contributed by atoms with Crippen molar-refractivity contribution in [2.24, 2.45) is 0 Å². The van der Waals surface area contributed by atoms with Crippen molar-refractivity contribution in [3.8, 4) is 0 Å². The summed E-state index contributed by atoms with van der Waals surface area (Å²) >= 11 is 0. The van der Waals surface area contributed by atoms with E-state index in [1.807, 2.05) is 0 Å². The number of H-pyrrole nitrogens is 1. The van der Waals surface area contributed by atoms with E-state index in [0.717, 1.165) is 0 Å². The lowest BCUT2D eigenvalue weighted by Gasteiger charge is -2.29. The highest BCUT2D eigenvalue weighted by Gasteiger charge is 2.28. The van der Waals surface area contributed by atoms with Crippen LogP contribution in [-0.4, -0.2) is 50.6 Å². The maximum atomic E-state index is 11.1. The van der Waals surface area contributed by atoms with E-state index >= 15 is 0 Å². The van der Waals surface area contributed by atoms with Gasteiger partial charge >= 0.3 is 0 Å². The van der Waals surface area contributed by atoms with Crippen LogP contribution in [-0.2, 0) is 0 Å². The number of aliphatic hydroxyl groups is 3. The molecule has 1 heterocycles. The Morgan fingerprint density at radius 1 is 1.38 bits per heavy atom. The predicted molar refractivity (Wildman–Crippen MR) is 57.2 cm³/mol. The highest BCUT2D eigenvalue weighted by atomic mass is 16.3. The number of hydrogen-bond donors (Lipinski definition) is 5. The monoisotopic (exact) mass is 229 g/mol. The molecule has 0 saturated carbocycles. The minimum Gasteiger partial charge on any atom is -0.394 e. The van der Waals surface area contributed by atoms with E-state index in [2.05, 4.69) is 15.3 Å². The van der Waals surface area contributed by atoms with Gasteiger partial charge in [0.2, 0.25) is 0 Å². The fourth-order valence-corrected chi connectivity index (χ4v) is 1.18. The quantitative estimate of drug-likeness (QED) is 0.407. The van der Waals surface area contributed by atoms with Crippen LogP contribution in [0.3, 0.4) is 0 Å². The molecule has 0 radical (unpaired) electrons. The Morgan fingerprint density at radius 3 is 2.38 bits per heavy atom. The maximum Gasteiger partial charge on any atom is 0.252 e. The Balaban J connectivity index is 2.97. The molecule has 90 valence electrons. The van der Waals surface area contributed by atoms with Crippen molar-refractivity contribution in [1.82, 2.24) is 9.97 Å². The number of nitrogens with zero attached hydrogens (tertiary/aromatic N) is 1. The number of aromatic nitrogens is 2. The second-order valence-corrected chi connectivity index (χ2v) is 3.60. The molecule has 1 rings (SSSR count). The van der Waals surface area contributed by atoms with Gasteiger partial charge in [-0.25, -0.2) is 4.98 Å². The molecule has 0 atom stereocenters. The number of aliphatic hydroxyl groups excluding tert-OH is 3. The summed E-state index contributed by atoms with van der Waals surface area (Å²) < 4.78 is 0. The molecular formula is C9H15N3O4. The van der Waals surface area contributed by atoms with Gasteiger partial charge < -0.3 is 25.6 Å². The number of hydrogen-bond acceptors (Lipinski definition) is 6. The molecule has 0 spiro atoms. The molecule has 1 aromatic rings. The van der Waals surface area contributed by atoms with E-state index in [1.54, 1.807) is 6.92 Å². The zero-order valence-electron chi connectivity index (χ0n) is 8.90.